The highest BCUT2D eigenvalue weighted by molar-refractivity contribution is 9.10. The van der Waals surface area contributed by atoms with Gasteiger partial charge in [-0.1, -0.05) is 41.3 Å². The molecule has 16 heavy (non-hydrogen) atoms. The molecule has 3 heteroatoms. The molecule has 0 saturated heterocycles. The van der Waals surface area contributed by atoms with Crippen LogP contribution < -0.4 is 5.73 Å². The van der Waals surface area contributed by atoms with E-state index in [1.165, 1.54) is 25.3 Å². The molecule has 0 radical (unpaired) electrons. The van der Waals surface area contributed by atoms with Gasteiger partial charge in [0.25, 0.3) is 0 Å². The third-order valence-corrected chi connectivity index (χ3v) is 3.97. The van der Waals surface area contributed by atoms with Gasteiger partial charge < -0.3 is 5.73 Å². The Morgan fingerprint density at radius 3 is 2.56 bits per heavy atom. The second kappa shape index (κ2) is 5.28. The zero-order valence-corrected chi connectivity index (χ0v) is 10.8. The molecule has 1 nitrogen and oxygen atoms in total. The second-order valence-corrected chi connectivity index (χ2v) is 5.51. The van der Waals surface area contributed by atoms with Crippen LogP contribution in [-0.2, 0) is 0 Å². The van der Waals surface area contributed by atoms with Gasteiger partial charge >= 0.3 is 0 Å². The van der Waals surface area contributed by atoms with Gasteiger partial charge in [-0.3, -0.25) is 0 Å². The van der Waals surface area contributed by atoms with Gasteiger partial charge in [0.2, 0.25) is 0 Å². The number of hydrogen-bond donors (Lipinski definition) is 1. The molecule has 0 unspecified atom stereocenters. The number of hydrogen-bond acceptors (Lipinski definition) is 1. The third-order valence-electron chi connectivity index (χ3n) is 3.48. The lowest BCUT2D eigenvalue weighted by Gasteiger charge is -2.28. The fourth-order valence-electron chi connectivity index (χ4n) is 2.52. The molecule has 0 spiro atoms. The van der Waals surface area contributed by atoms with Crippen molar-refractivity contribution < 1.29 is 4.39 Å². The predicted molar refractivity (Wildman–Crippen MR) is 67.6 cm³/mol. The van der Waals surface area contributed by atoms with Crippen molar-refractivity contribution in [2.45, 2.75) is 38.1 Å². The predicted octanol–water partition coefficient (Wildman–Crippen LogP) is 4.17. The maximum absolute atomic E-state index is 13.7. The molecule has 2 N–H and O–H groups in total. The summed E-state index contributed by atoms with van der Waals surface area (Å²) in [6.07, 6.45) is 6.03. The van der Waals surface area contributed by atoms with Gasteiger partial charge in [-0.2, -0.15) is 0 Å². The maximum atomic E-state index is 13.7. The van der Waals surface area contributed by atoms with Gasteiger partial charge in [0.05, 0.1) is 0 Å². The minimum absolute atomic E-state index is 0.145. The van der Waals surface area contributed by atoms with Gasteiger partial charge in [-0.25, -0.2) is 4.39 Å². The van der Waals surface area contributed by atoms with E-state index in [1.54, 1.807) is 6.07 Å². The Kier molecular flexibility index (Phi) is 3.98. The fraction of sp³-hybridized carbons (Fsp3) is 0.538. The summed E-state index contributed by atoms with van der Waals surface area (Å²) in [6, 6.07) is 5.02. The quantitative estimate of drug-likeness (QED) is 0.867. The topological polar surface area (TPSA) is 26.0 Å². The van der Waals surface area contributed by atoms with E-state index in [9.17, 15) is 4.39 Å². The van der Waals surface area contributed by atoms with Crippen LogP contribution in [0.2, 0.25) is 0 Å². The highest BCUT2D eigenvalue weighted by atomic mass is 79.9. The lowest BCUT2D eigenvalue weighted by atomic mass is 9.81. The van der Waals surface area contributed by atoms with E-state index in [1.807, 2.05) is 6.07 Å². The van der Waals surface area contributed by atoms with Gasteiger partial charge in [0.15, 0.2) is 0 Å². The highest BCUT2D eigenvalue weighted by Gasteiger charge is 2.23. The normalized spacial score (nSPS) is 19.7. The lowest BCUT2D eigenvalue weighted by molar-refractivity contribution is 0.303. The summed E-state index contributed by atoms with van der Waals surface area (Å²) in [5.74, 6) is 0.261. The van der Waals surface area contributed by atoms with E-state index in [-0.39, 0.29) is 11.9 Å². The van der Waals surface area contributed by atoms with Gasteiger partial charge in [0.1, 0.15) is 5.82 Å². The molecule has 1 fully saturated rings. The molecule has 1 aliphatic carbocycles. The van der Waals surface area contributed by atoms with E-state index < -0.39 is 0 Å². The molecule has 0 aliphatic heterocycles. The van der Waals surface area contributed by atoms with Crippen LogP contribution in [0.25, 0.3) is 0 Å². The summed E-state index contributed by atoms with van der Waals surface area (Å²) in [5, 5.41) is 0. The Labute approximate surface area is 104 Å². The number of nitrogens with two attached hydrogens (primary N) is 1. The molecule has 1 aromatic carbocycles. The van der Waals surface area contributed by atoms with Crippen LogP contribution in [-0.4, -0.2) is 0 Å². The summed E-state index contributed by atoms with van der Waals surface area (Å²) in [5.41, 5.74) is 6.83. The van der Waals surface area contributed by atoms with Crippen LogP contribution in [0.1, 0.15) is 43.7 Å². The number of benzene rings is 1. The smallest absolute Gasteiger partial charge is 0.129 e. The lowest BCUT2D eigenvalue weighted by Crippen LogP contribution is -2.24. The maximum Gasteiger partial charge on any atom is 0.129 e. The largest absolute Gasteiger partial charge is 0.324 e. The summed E-state index contributed by atoms with van der Waals surface area (Å²) in [6.45, 7) is 0. The third kappa shape index (κ3) is 2.64. The number of rotatable bonds is 2. The van der Waals surface area contributed by atoms with Crippen LogP contribution in [0.3, 0.4) is 0 Å². The van der Waals surface area contributed by atoms with Crippen LogP contribution in [0.15, 0.2) is 22.7 Å². The molecule has 0 aromatic heterocycles. The first-order valence-electron chi connectivity index (χ1n) is 5.89. The summed E-state index contributed by atoms with van der Waals surface area (Å²) < 4.78 is 14.5. The minimum atomic E-state index is -0.188. The SMILES string of the molecule is N[C@H](c1ccc(Br)cc1F)C1CCCCC1. The van der Waals surface area contributed by atoms with E-state index >= 15 is 0 Å². The minimum Gasteiger partial charge on any atom is -0.324 e. The molecule has 0 heterocycles. The van der Waals surface area contributed by atoms with Crippen LogP contribution in [0, 0.1) is 11.7 Å². The second-order valence-electron chi connectivity index (χ2n) is 4.59. The number of halogens is 2. The molecular weight excluding hydrogens is 269 g/mol. The molecule has 1 atom stereocenters. The zero-order valence-electron chi connectivity index (χ0n) is 9.26. The zero-order chi connectivity index (χ0) is 11.5. The highest BCUT2D eigenvalue weighted by Crippen LogP contribution is 2.34. The average molecular weight is 286 g/mol. The van der Waals surface area contributed by atoms with Crippen molar-refractivity contribution >= 4 is 15.9 Å². The van der Waals surface area contributed by atoms with Crippen molar-refractivity contribution in [3.63, 3.8) is 0 Å². The Bertz CT molecular complexity index is 361. The average Bonchev–Trinajstić information content (AvgIpc) is 2.29. The van der Waals surface area contributed by atoms with Gasteiger partial charge in [0, 0.05) is 16.1 Å². The van der Waals surface area contributed by atoms with Crippen LogP contribution in [0.5, 0.6) is 0 Å². The van der Waals surface area contributed by atoms with Crippen molar-refractivity contribution in [2.75, 3.05) is 0 Å². The van der Waals surface area contributed by atoms with E-state index in [4.69, 9.17) is 5.73 Å². The molecule has 0 bridgehead atoms. The van der Waals surface area contributed by atoms with Crippen LogP contribution >= 0.6 is 15.9 Å². The Balaban J connectivity index is 2.15. The van der Waals surface area contributed by atoms with E-state index in [2.05, 4.69) is 15.9 Å². The van der Waals surface area contributed by atoms with Crippen molar-refractivity contribution in [1.29, 1.82) is 0 Å². The Morgan fingerprint density at radius 1 is 1.25 bits per heavy atom. The summed E-state index contributed by atoms with van der Waals surface area (Å²) >= 11 is 3.26. The molecule has 88 valence electrons. The van der Waals surface area contributed by atoms with Crippen molar-refractivity contribution in [2.24, 2.45) is 11.7 Å². The molecule has 1 saturated carbocycles. The van der Waals surface area contributed by atoms with E-state index in [0.29, 0.717) is 11.5 Å². The Morgan fingerprint density at radius 2 is 1.94 bits per heavy atom. The molecule has 2 rings (SSSR count). The van der Waals surface area contributed by atoms with Gasteiger partial charge in [-0.05, 0) is 30.9 Å². The molecule has 0 amide bonds. The first-order chi connectivity index (χ1) is 7.68. The van der Waals surface area contributed by atoms with Crippen molar-refractivity contribution in [1.82, 2.24) is 0 Å². The monoisotopic (exact) mass is 285 g/mol. The Hall–Kier alpha value is -0.410. The first kappa shape index (κ1) is 12.1. The fourth-order valence-corrected chi connectivity index (χ4v) is 2.85. The van der Waals surface area contributed by atoms with Crippen molar-refractivity contribution in [3.8, 4) is 0 Å². The standard InChI is InChI=1S/C13H17BrFN/c14-10-6-7-11(12(15)8-10)13(16)9-4-2-1-3-5-9/h6-9,13H,1-5,16H2/t13-/m0/s1. The van der Waals surface area contributed by atoms with Crippen molar-refractivity contribution in [3.05, 3.63) is 34.1 Å². The summed E-state index contributed by atoms with van der Waals surface area (Å²) in [4.78, 5) is 0. The van der Waals surface area contributed by atoms with E-state index in [0.717, 1.165) is 17.3 Å². The molecule has 1 aliphatic rings. The summed E-state index contributed by atoms with van der Waals surface area (Å²) in [7, 11) is 0. The molecular formula is C13H17BrFN. The van der Waals surface area contributed by atoms with Gasteiger partial charge in [-0.15, -0.1) is 0 Å². The first-order valence-corrected chi connectivity index (χ1v) is 6.68. The van der Waals surface area contributed by atoms with Crippen LogP contribution in [0.4, 0.5) is 4.39 Å². The molecule has 1 aromatic rings.